The zero-order valence-corrected chi connectivity index (χ0v) is 10.8. The summed E-state index contributed by atoms with van der Waals surface area (Å²) in [5.74, 6) is 0.698. The third-order valence-corrected chi connectivity index (χ3v) is 4.93. The second-order valence-electron chi connectivity index (χ2n) is 4.18. The van der Waals surface area contributed by atoms with E-state index in [1.54, 1.807) is 0 Å². The minimum atomic E-state index is -3.16. The average Bonchev–Trinajstić information content (AvgIpc) is 2.17. The highest BCUT2D eigenvalue weighted by Gasteiger charge is 2.27. The van der Waals surface area contributed by atoms with Crippen molar-refractivity contribution in [2.24, 2.45) is 5.92 Å². The summed E-state index contributed by atoms with van der Waals surface area (Å²) >= 11 is 5.45. The Kier molecular flexibility index (Phi) is 5.36. The highest BCUT2D eigenvalue weighted by molar-refractivity contribution is 7.89. The Morgan fingerprint density at radius 2 is 2.00 bits per heavy atom. The van der Waals surface area contributed by atoms with Gasteiger partial charge >= 0.3 is 0 Å². The normalized spacial score (nSPS) is 27.9. The number of sulfonamides is 1. The molecule has 1 saturated carbocycles. The fraction of sp³-hybridized carbons (Fsp3) is 1.00. The van der Waals surface area contributed by atoms with Crippen molar-refractivity contribution < 1.29 is 8.42 Å². The fourth-order valence-electron chi connectivity index (χ4n) is 2.24. The minimum Gasteiger partial charge on any atom is -0.212 e. The van der Waals surface area contributed by atoms with Gasteiger partial charge < -0.3 is 0 Å². The number of rotatable bonds is 5. The standard InChI is InChI=1S/C10H20ClNO2S/c1-2-9-5-3-4-6-10(9)12-15(13,14)8-7-11/h9-10,12H,2-8H2,1H3. The molecule has 0 radical (unpaired) electrons. The van der Waals surface area contributed by atoms with Crippen molar-refractivity contribution in [1.29, 1.82) is 0 Å². The number of hydrogen-bond acceptors (Lipinski definition) is 2. The first kappa shape index (κ1) is 13.3. The lowest BCUT2D eigenvalue weighted by Gasteiger charge is -2.31. The number of alkyl halides is 1. The summed E-state index contributed by atoms with van der Waals surface area (Å²) in [5.41, 5.74) is 0. The molecule has 3 nitrogen and oxygen atoms in total. The summed E-state index contributed by atoms with van der Waals surface area (Å²) in [5, 5.41) is 0. The van der Waals surface area contributed by atoms with E-state index < -0.39 is 10.0 Å². The number of nitrogens with one attached hydrogen (secondary N) is 1. The Morgan fingerprint density at radius 1 is 1.33 bits per heavy atom. The van der Waals surface area contributed by atoms with Gasteiger partial charge in [-0.3, -0.25) is 0 Å². The van der Waals surface area contributed by atoms with Crippen LogP contribution < -0.4 is 4.72 Å². The molecule has 2 atom stereocenters. The van der Waals surface area contributed by atoms with E-state index in [0.29, 0.717) is 5.92 Å². The molecular formula is C10H20ClNO2S. The van der Waals surface area contributed by atoms with Gasteiger partial charge in [0.1, 0.15) is 0 Å². The Labute approximate surface area is 97.6 Å². The first-order chi connectivity index (χ1) is 7.09. The first-order valence-corrected chi connectivity index (χ1v) is 7.83. The maximum absolute atomic E-state index is 11.6. The highest BCUT2D eigenvalue weighted by atomic mass is 35.5. The van der Waals surface area contributed by atoms with Crippen LogP contribution in [0.4, 0.5) is 0 Å². The topological polar surface area (TPSA) is 46.2 Å². The summed E-state index contributed by atoms with van der Waals surface area (Å²) in [6.07, 6.45) is 5.52. The molecule has 0 aromatic heterocycles. The second-order valence-corrected chi connectivity index (χ2v) is 6.44. The van der Waals surface area contributed by atoms with Crippen LogP contribution in [0.1, 0.15) is 39.0 Å². The van der Waals surface area contributed by atoms with E-state index in [2.05, 4.69) is 11.6 Å². The first-order valence-electron chi connectivity index (χ1n) is 5.65. The SMILES string of the molecule is CCC1CCCCC1NS(=O)(=O)CCCl. The molecule has 0 amide bonds. The molecule has 5 heteroatoms. The van der Waals surface area contributed by atoms with Crippen LogP contribution in [0.5, 0.6) is 0 Å². The molecule has 1 N–H and O–H groups in total. The minimum absolute atomic E-state index is 0.0293. The van der Waals surface area contributed by atoms with Crippen molar-refractivity contribution in [3.05, 3.63) is 0 Å². The van der Waals surface area contributed by atoms with Crippen LogP contribution >= 0.6 is 11.6 Å². The van der Waals surface area contributed by atoms with Gasteiger partial charge in [-0.15, -0.1) is 11.6 Å². The lowest BCUT2D eigenvalue weighted by molar-refractivity contribution is 0.282. The Hall–Kier alpha value is 0.200. The van der Waals surface area contributed by atoms with Gasteiger partial charge in [0.2, 0.25) is 10.0 Å². The van der Waals surface area contributed by atoms with E-state index in [9.17, 15) is 8.42 Å². The Morgan fingerprint density at radius 3 is 2.60 bits per heavy atom. The summed E-state index contributed by atoms with van der Waals surface area (Å²) in [6, 6.07) is 0.136. The van der Waals surface area contributed by atoms with Crippen LogP contribution in [0.15, 0.2) is 0 Å². The van der Waals surface area contributed by atoms with Crippen molar-refractivity contribution in [2.45, 2.75) is 45.1 Å². The predicted molar refractivity (Wildman–Crippen MR) is 63.7 cm³/mol. The maximum Gasteiger partial charge on any atom is 0.213 e. The van der Waals surface area contributed by atoms with E-state index >= 15 is 0 Å². The summed E-state index contributed by atoms with van der Waals surface area (Å²) in [6.45, 7) is 2.12. The second kappa shape index (κ2) is 6.06. The third-order valence-electron chi connectivity index (χ3n) is 3.11. The zero-order valence-electron chi connectivity index (χ0n) is 9.21. The van der Waals surface area contributed by atoms with Gasteiger partial charge in [-0.2, -0.15) is 0 Å². The molecule has 0 spiro atoms. The van der Waals surface area contributed by atoms with Crippen molar-refractivity contribution in [3.8, 4) is 0 Å². The van der Waals surface area contributed by atoms with Gasteiger partial charge in [-0.05, 0) is 18.8 Å². The van der Waals surface area contributed by atoms with E-state index in [4.69, 9.17) is 11.6 Å². The molecule has 2 unspecified atom stereocenters. The Balaban J connectivity index is 2.54. The lowest BCUT2D eigenvalue weighted by atomic mass is 9.83. The fourth-order valence-corrected chi connectivity index (χ4v) is 3.94. The third kappa shape index (κ3) is 4.29. The van der Waals surface area contributed by atoms with Crippen LogP contribution in [-0.4, -0.2) is 26.1 Å². The number of hydrogen-bond donors (Lipinski definition) is 1. The largest absolute Gasteiger partial charge is 0.213 e. The molecule has 1 aliphatic carbocycles. The van der Waals surface area contributed by atoms with E-state index in [-0.39, 0.29) is 17.7 Å². The van der Waals surface area contributed by atoms with Crippen molar-refractivity contribution >= 4 is 21.6 Å². The molecule has 90 valence electrons. The molecule has 15 heavy (non-hydrogen) atoms. The van der Waals surface area contributed by atoms with Crippen molar-refractivity contribution in [1.82, 2.24) is 4.72 Å². The zero-order chi connectivity index (χ0) is 11.3. The summed E-state index contributed by atoms with van der Waals surface area (Å²) in [4.78, 5) is 0. The van der Waals surface area contributed by atoms with Gasteiger partial charge in [0.15, 0.2) is 0 Å². The molecule has 0 aliphatic heterocycles. The molecule has 0 aromatic rings. The van der Waals surface area contributed by atoms with Crippen molar-refractivity contribution in [3.63, 3.8) is 0 Å². The van der Waals surface area contributed by atoms with Gasteiger partial charge in [-0.25, -0.2) is 13.1 Å². The van der Waals surface area contributed by atoms with E-state index in [1.807, 2.05) is 0 Å². The van der Waals surface area contributed by atoms with Crippen LogP contribution in [0.2, 0.25) is 0 Å². The molecule has 0 saturated heterocycles. The van der Waals surface area contributed by atoms with Crippen LogP contribution in [0, 0.1) is 5.92 Å². The van der Waals surface area contributed by atoms with E-state index in [1.165, 1.54) is 6.42 Å². The maximum atomic E-state index is 11.6. The van der Waals surface area contributed by atoms with Crippen LogP contribution in [-0.2, 0) is 10.0 Å². The van der Waals surface area contributed by atoms with Crippen molar-refractivity contribution in [2.75, 3.05) is 11.6 Å². The van der Waals surface area contributed by atoms with Gasteiger partial charge in [-0.1, -0.05) is 26.2 Å². The summed E-state index contributed by atoms with van der Waals surface area (Å²) < 4.78 is 25.9. The van der Waals surface area contributed by atoms with E-state index in [0.717, 1.165) is 25.7 Å². The molecule has 0 bridgehead atoms. The molecule has 1 fully saturated rings. The molecular weight excluding hydrogens is 234 g/mol. The van der Waals surface area contributed by atoms with Crippen LogP contribution in [0.3, 0.4) is 0 Å². The smallest absolute Gasteiger partial charge is 0.212 e. The van der Waals surface area contributed by atoms with Crippen LogP contribution in [0.25, 0.3) is 0 Å². The predicted octanol–water partition coefficient (Wildman–Crippen LogP) is 2.11. The molecule has 0 heterocycles. The molecule has 0 aromatic carbocycles. The van der Waals surface area contributed by atoms with Gasteiger partial charge in [0.05, 0.1) is 5.75 Å². The summed E-state index contributed by atoms with van der Waals surface area (Å²) in [7, 11) is -3.16. The lowest BCUT2D eigenvalue weighted by Crippen LogP contribution is -2.43. The molecule has 1 rings (SSSR count). The Bertz CT molecular complexity index is 279. The average molecular weight is 254 g/mol. The number of halogens is 1. The molecule has 1 aliphatic rings. The highest BCUT2D eigenvalue weighted by Crippen LogP contribution is 2.27. The monoisotopic (exact) mass is 253 g/mol. The quantitative estimate of drug-likeness (QED) is 0.763. The van der Waals surface area contributed by atoms with Gasteiger partial charge in [0.25, 0.3) is 0 Å². The van der Waals surface area contributed by atoms with Gasteiger partial charge in [0, 0.05) is 11.9 Å².